The summed E-state index contributed by atoms with van der Waals surface area (Å²) in [7, 11) is 0. The maximum atomic E-state index is 13.2. The zero-order valence-corrected chi connectivity index (χ0v) is 12.1. The summed E-state index contributed by atoms with van der Waals surface area (Å²) in [5.41, 5.74) is 0. The number of halogens is 3. The van der Waals surface area contributed by atoms with Gasteiger partial charge in [-0.15, -0.1) is 0 Å². The SMILES string of the molecule is C[C@@H](C(=O)Nc1ccc(Cl)cn1)N1CCC(F)(F)[C@@H](O)C1. The fourth-order valence-electron chi connectivity index (χ4n) is 2.10. The first kappa shape index (κ1) is 16.1. The number of rotatable bonds is 3. The first-order valence-corrected chi connectivity index (χ1v) is 6.90. The summed E-state index contributed by atoms with van der Waals surface area (Å²) in [5.74, 6) is -3.13. The number of β-amino-alcohol motifs (C(OH)–C–C–N with tert-alkyl or cyclic N) is 1. The van der Waals surface area contributed by atoms with Gasteiger partial charge in [-0.2, -0.15) is 0 Å². The van der Waals surface area contributed by atoms with E-state index in [2.05, 4.69) is 10.3 Å². The number of piperidine rings is 1. The number of pyridine rings is 1. The van der Waals surface area contributed by atoms with Gasteiger partial charge in [0.15, 0.2) is 0 Å². The molecule has 2 rings (SSSR count). The molecular weight excluding hydrogens is 304 g/mol. The smallest absolute Gasteiger partial charge is 0.275 e. The van der Waals surface area contributed by atoms with Crippen molar-refractivity contribution in [3.05, 3.63) is 23.4 Å². The van der Waals surface area contributed by atoms with Gasteiger partial charge >= 0.3 is 0 Å². The summed E-state index contributed by atoms with van der Waals surface area (Å²) < 4.78 is 26.4. The summed E-state index contributed by atoms with van der Waals surface area (Å²) in [4.78, 5) is 17.5. The van der Waals surface area contributed by atoms with Gasteiger partial charge in [-0.25, -0.2) is 13.8 Å². The number of carbonyl (C=O) groups is 1. The zero-order valence-electron chi connectivity index (χ0n) is 11.4. The molecule has 5 nitrogen and oxygen atoms in total. The Morgan fingerprint density at radius 2 is 2.33 bits per heavy atom. The van der Waals surface area contributed by atoms with E-state index in [-0.39, 0.29) is 19.0 Å². The van der Waals surface area contributed by atoms with E-state index in [1.54, 1.807) is 19.1 Å². The Balaban J connectivity index is 1.95. The number of carbonyl (C=O) groups excluding carboxylic acids is 1. The van der Waals surface area contributed by atoms with Crippen molar-refractivity contribution in [3.8, 4) is 0 Å². The summed E-state index contributed by atoms with van der Waals surface area (Å²) in [6, 6.07) is 2.49. The molecule has 21 heavy (non-hydrogen) atoms. The van der Waals surface area contributed by atoms with Crippen molar-refractivity contribution >= 4 is 23.3 Å². The molecule has 2 heterocycles. The molecule has 2 N–H and O–H groups in total. The summed E-state index contributed by atoms with van der Waals surface area (Å²) in [5, 5.41) is 12.4. The third-order valence-corrected chi connectivity index (χ3v) is 3.76. The Hall–Kier alpha value is -1.31. The van der Waals surface area contributed by atoms with E-state index < -0.39 is 24.5 Å². The molecule has 1 aliphatic heterocycles. The van der Waals surface area contributed by atoms with Crippen LogP contribution in [0, 0.1) is 0 Å². The number of amides is 1. The summed E-state index contributed by atoms with van der Waals surface area (Å²) in [6.45, 7) is 1.41. The Labute approximate surface area is 125 Å². The topological polar surface area (TPSA) is 65.5 Å². The molecule has 0 saturated carbocycles. The van der Waals surface area contributed by atoms with Crippen LogP contribution in [0.4, 0.5) is 14.6 Å². The number of hydrogen-bond donors (Lipinski definition) is 2. The Morgan fingerprint density at radius 3 is 2.90 bits per heavy atom. The second-order valence-electron chi connectivity index (χ2n) is 5.05. The molecule has 0 aliphatic carbocycles. The normalized spacial score (nSPS) is 23.6. The van der Waals surface area contributed by atoms with Crippen molar-refractivity contribution in [1.29, 1.82) is 0 Å². The predicted molar refractivity (Wildman–Crippen MR) is 74.5 cm³/mol. The number of aromatic nitrogens is 1. The molecular formula is C13H16ClF2N3O2. The molecule has 1 aromatic rings. The first-order chi connectivity index (χ1) is 9.79. The maximum absolute atomic E-state index is 13.2. The van der Waals surface area contributed by atoms with Crippen LogP contribution in [0.3, 0.4) is 0 Å². The van der Waals surface area contributed by atoms with Crippen molar-refractivity contribution in [2.75, 3.05) is 18.4 Å². The highest BCUT2D eigenvalue weighted by Crippen LogP contribution is 2.29. The molecule has 8 heteroatoms. The van der Waals surface area contributed by atoms with E-state index in [1.807, 2.05) is 0 Å². The first-order valence-electron chi connectivity index (χ1n) is 6.52. The summed E-state index contributed by atoms with van der Waals surface area (Å²) >= 11 is 5.69. The molecule has 1 aliphatic rings. The van der Waals surface area contributed by atoms with Crippen molar-refractivity contribution in [2.24, 2.45) is 0 Å². The fraction of sp³-hybridized carbons (Fsp3) is 0.538. The van der Waals surface area contributed by atoms with Gasteiger partial charge in [0.1, 0.15) is 11.9 Å². The number of alkyl halides is 2. The largest absolute Gasteiger partial charge is 0.386 e. The lowest BCUT2D eigenvalue weighted by atomic mass is 10.0. The quantitative estimate of drug-likeness (QED) is 0.891. The second-order valence-corrected chi connectivity index (χ2v) is 5.49. The number of aliphatic hydroxyl groups excluding tert-OH is 1. The van der Waals surface area contributed by atoms with Crippen LogP contribution < -0.4 is 5.32 Å². The van der Waals surface area contributed by atoms with E-state index in [0.717, 1.165) is 0 Å². The number of hydrogen-bond acceptors (Lipinski definition) is 4. The second kappa shape index (κ2) is 6.21. The molecule has 116 valence electrons. The van der Waals surface area contributed by atoms with Gasteiger partial charge in [-0.1, -0.05) is 11.6 Å². The molecule has 1 saturated heterocycles. The van der Waals surface area contributed by atoms with E-state index in [4.69, 9.17) is 11.6 Å². The van der Waals surface area contributed by atoms with Crippen LogP contribution in [0.15, 0.2) is 18.3 Å². The lowest BCUT2D eigenvalue weighted by Gasteiger charge is -2.38. The molecule has 1 aromatic heterocycles. The van der Waals surface area contributed by atoms with Crippen molar-refractivity contribution in [2.45, 2.75) is 31.4 Å². The standard InChI is InChI=1S/C13H16ClF2N3O2/c1-8(19-5-4-13(15,16)10(20)7-19)12(21)18-11-3-2-9(14)6-17-11/h2-3,6,8,10,20H,4-5,7H2,1H3,(H,17,18,21)/t8-,10-/m0/s1. The predicted octanol–water partition coefficient (Wildman–Crippen LogP) is 1.76. The van der Waals surface area contributed by atoms with Crippen LogP contribution in [0.1, 0.15) is 13.3 Å². The average Bonchev–Trinajstić information content (AvgIpc) is 2.43. The Kier molecular flexibility index (Phi) is 4.75. The molecule has 1 fully saturated rings. The van der Waals surface area contributed by atoms with E-state index in [0.29, 0.717) is 10.8 Å². The number of nitrogens with one attached hydrogen (secondary N) is 1. The highest BCUT2D eigenvalue weighted by Gasteiger charge is 2.44. The lowest BCUT2D eigenvalue weighted by Crippen LogP contribution is -2.55. The Morgan fingerprint density at radius 1 is 1.62 bits per heavy atom. The zero-order chi connectivity index (χ0) is 15.6. The number of nitrogens with zero attached hydrogens (tertiary/aromatic N) is 2. The van der Waals surface area contributed by atoms with E-state index in [1.165, 1.54) is 11.1 Å². The van der Waals surface area contributed by atoms with Crippen molar-refractivity contribution in [3.63, 3.8) is 0 Å². The fourth-order valence-corrected chi connectivity index (χ4v) is 2.22. The number of likely N-dealkylation sites (tertiary alicyclic amines) is 1. The third-order valence-electron chi connectivity index (χ3n) is 3.53. The van der Waals surface area contributed by atoms with Crippen LogP contribution in [0.5, 0.6) is 0 Å². The highest BCUT2D eigenvalue weighted by atomic mass is 35.5. The van der Waals surface area contributed by atoms with Crippen molar-refractivity contribution in [1.82, 2.24) is 9.88 Å². The van der Waals surface area contributed by atoms with Gasteiger partial charge in [-0.3, -0.25) is 9.69 Å². The minimum absolute atomic E-state index is 0.0483. The minimum atomic E-state index is -3.09. The molecule has 1 amide bonds. The Bertz CT molecular complexity index is 513. The highest BCUT2D eigenvalue weighted by molar-refractivity contribution is 6.30. The van der Waals surface area contributed by atoms with E-state index in [9.17, 15) is 18.7 Å². The molecule has 0 radical (unpaired) electrons. The van der Waals surface area contributed by atoms with Crippen LogP contribution in [-0.4, -0.2) is 52.1 Å². The maximum Gasteiger partial charge on any atom is 0.275 e. The van der Waals surface area contributed by atoms with Crippen molar-refractivity contribution < 1.29 is 18.7 Å². The molecule has 0 aromatic carbocycles. The molecule has 2 atom stereocenters. The monoisotopic (exact) mass is 319 g/mol. The number of aliphatic hydroxyl groups is 1. The van der Waals surface area contributed by atoms with Crippen LogP contribution in [0.25, 0.3) is 0 Å². The van der Waals surface area contributed by atoms with Crippen LogP contribution in [0.2, 0.25) is 5.02 Å². The van der Waals surface area contributed by atoms with Gasteiger partial charge in [-0.05, 0) is 19.1 Å². The molecule has 0 unspecified atom stereocenters. The third kappa shape index (κ3) is 3.87. The van der Waals surface area contributed by atoms with Crippen LogP contribution >= 0.6 is 11.6 Å². The minimum Gasteiger partial charge on any atom is -0.386 e. The van der Waals surface area contributed by atoms with Gasteiger partial charge in [0, 0.05) is 25.7 Å². The van der Waals surface area contributed by atoms with Gasteiger partial charge < -0.3 is 10.4 Å². The van der Waals surface area contributed by atoms with Gasteiger partial charge in [0.2, 0.25) is 5.91 Å². The summed E-state index contributed by atoms with van der Waals surface area (Å²) in [6.07, 6.45) is -0.826. The van der Waals surface area contributed by atoms with Gasteiger partial charge in [0.25, 0.3) is 5.92 Å². The number of anilines is 1. The van der Waals surface area contributed by atoms with E-state index >= 15 is 0 Å². The molecule has 0 spiro atoms. The van der Waals surface area contributed by atoms with Gasteiger partial charge in [0.05, 0.1) is 11.1 Å². The lowest BCUT2D eigenvalue weighted by molar-refractivity contribution is -0.155. The van der Waals surface area contributed by atoms with Crippen LogP contribution in [-0.2, 0) is 4.79 Å². The average molecular weight is 320 g/mol. The molecule has 0 bridgehead atoms.